The molecule has 0 heterocycles. The summed E-state index contributed by atoms with van der Waals surface area (Å²) in [5, 5.41) is 0. The summed E-state index contributed by atoms with van der Waals surface area (Å²) in [6, 6.07) is 0. The van der Waals surface area contributed by atoms with E-state index in [1.807, 2.05) is 0 Å². The van der Waals surface area contributed by atoms with Crippen molar-refractivity contribution in [1.29, 1.82) is 0 Å². The Kier molecular flexibility index (Phi) is 32.2. The number of ether oxygens (including phenoxy) is 2. The Morgan fingerprint density at radius 3 is 1.82 bits per heavy atom. The molecule has 0 aliphatic carbocycles. The molecule has 0 bridgehead atoms. The van der Waals surface area contributed by atoms with Gasteiger partial charge < -0.3 is 20.1 Å². The molecule has 2 atom stereocenters. The largest absolute Gasteiger partial charge is 0.472 e. The highest BCUT2D eigenvalue weighted by atomic mass is 31.2. The molecule has 0 aliphatic heterocycles. The first-order valence-electron chi connectivity index (χ1n) is 17.3. The third-order valence-corrected chi connectivity index (χ3v) is 7.68. The first-order valence-corrected chi connectivity index (χ1v) is 18.8. The van der Waals surface area contributed by atoms with Crippen molar-refractivity contribution >= 4 is 13.8 Å². The van der Waals surface area contributed by atoms with Crippen LogP contribution in [0.1, 0.15) is 123 Å². The molecule has 0 aromatic carbocycles. The molecule has 0 aromatic heterocycles. The number of carbonyl (C=O) groups excluding carboxylic acids is 1. The number of allylic oxidation sites excluding steroid dienone is 10. The highest BCUT2D eigenvalue weighted by molar-refractivity contribution is 7.47. The minimum Gasteiger partial charge on any atom is -0.457 e. The van der Waals surface area contributed by atoms with Gasteiger partial charge in [0.15, 0.2) is 0 Å². The van der Waals surface area contributed by atoms with Gasteiger partial charge in [-0.25, -0.2) is 4.57 Å². The second kappa shape index (κ2) is 33.6. The third-order valence-electron chi connectivity index (χ3n) is 6.70. The second-order valence-electron chi connectivity index (χ2n) is 11.0. The molecule has 0 saturated heterocycles. The summed E-state index contributed by atoms with van der Waals surface area (Å²) >= 11 is 0. The van der Waals surface area contributed by atoms with Crippen molar-refractivity contribution in [1.82, 2.24) is 0 Å². The number of esters is 1. The van der Waals surface area contributed by atoms with E-state index in [0.717, 1.165) is 70.6 Å². The number of rotatable bonds is 32. The number of carbonyl (C=O) groups is 1. The van der Waals surface area contributed by atoms with Crippen LogP contribution in [0.4, 0.5) is 0 Å². The molecule has 0 amide bonds. The lowest BCUT2D eigenvalue weighted by Crippen LogP contribution is -2.28. The predicted octanol–water partition coefficient (Wildman–Crippen LogP) is 9.46. The third kappa shape index (κ3) is 33.4. The van der Waals surface area contributed by atoms with Crippen LogP contribution < -0.4 is 5.73 Å². The fourth-order valence-electron chi connectivity index (χ4n) is 4.20. The van der Waals surface area contributed by atoms with Crippen LogP contribution in [0.5, 0.6) is 0 Å². The molecule has 260 valence electrons. The van der Waals surface area contributed by atoms with Gasteiger partial charge in [0, 0.05) is 19.6 Å². The molecule has 0 radical (unpaired) electrons. The first-order chi connectivity index (χ1) is 21.9. The van der Waals surface area contributed by atoms with E-state index in [4.69, 9.17) is 24.3 Å². The molecule has 9 heteroatoms. The lowest BCUT2D eigenvalue weighted by atomic mass is 10.1. The summed E-state index contributed by atoms with van der Waals surface area (Å²) in [7, 11) is -4.28. The van der Waals surface area contributed by atoms with Crippen molar-refractivity contribution in [2.24, 2.45) is 5.73 Å². The first kappa shape index (κ1) is 43.2. The van der Waals surface area contributed by atoms with Crippen LogP contribution >= 0.6 is 7.82 Å². The average Bonchev–Trinajstić information content (AvgIpc) is 3.02. The SMILES string of the molecule is CC/C=C\C/C=C\C/C=C\C/C=C\C/C=C\CCCCOCC(COP(=O)(O)OCCN)OC(=O)CCCCCCCCCC. The average molecular weight is 654 g/mol. The maximum Gasteiger partial charge on any atom is 0.472 e. The smallest absolute Gasteiger partial charge is 0.457 e. The van der Waals surface area contributed by atoms with Gasteiger partial charge in [0.2, 0.25) is 0 Å². The molecule has 2 unspecified atom stereocenters. The normalized spacial score (nSPS) is 14.5. The van der Waals surface area contributed by atoms with Crippen molar-refractivity contribution in [3.8, 4) is 0 Å². The Labute approximate surface area is 274 Å². The Morgan fingerprint density at radius 2 is 1.24 bits per heavy atom. The lowest BCUT2D eigenvalue weighted by molar-refractivity contribution is -0.154. The van der Waals surface area contributed by atoms with Gasteiger partial charge >= 0.3 is 13.8 Å². The molecule has 0 spiro atoms. The molecule has 0 fully saturated rings. The highest BCUT2D eigenvalue weighted by Crippen LogP contribution is 2.43. The van der Waals surface area contributed by atoms with E-state index in [0.29, 0.717) is 13.0 Å². The molecular weight excluding hydrogens is 589 g/mol. The van der Waals surface area contributed by atoms with Crippen molar-refractivity contribution in [2.45, 2.75) is 129 Å². The predicted molar refractivity (Wildman–Crippen MR) is 187 cm³/mol. The van der Waals surface area contributed by atoms with Gasteiger partial charge in [-0.15, -0.1) is 0 Å². The summed E-state index contributed by atoms with van der Waals surface area (Å²) < 4.78 is 33.1. The van der Waals surface area contributed by atoms with E-state index in [-0.39, 0.29) is 32.3 Å². The van der Waals surface area contributed by atoms with E-state index < -0.39 is 13.9 Å². The Hall–Kier alpha value is -1.80. The molecule has 0 rings (SSSR count). The Bertz CT molecular complexity index is 869. The van der Waals surface area contributed by atoms with Gasteiger partial charge in [-0.1, -0.05) is 120 Å². The van der Waals surface area contributed by atoms with Crippen molar-refractivity contribution in [3.63, 3.8) is 0 Å². The molecule has 8 nitrogen and oxygen atoms in total. The van der Waals surface area contributed by atoms with E-state index >= 15 is 0 Å². The van der Waals surface area contributed by atoms with Crippen LogP contribution in [0.2, 0.25) is 0 Å². The number of phosphoric ester groups is 1. The highest BCUT2D eigenvalue weighted by Gasteiger charge is 2.25. The van der Waals surface area contributed by atoms with E-state index in [1.54, 1.807) is 0 Å². The van der Waals surface area contributed by atoms with E-state index in [1.165, 1.54) is 32.1 Å². The Balaban J connectivity index is 4.19. The monoisotopic (exact) mass is 653 g/mol. The summed E-state index contributed by atoms with van der Waals surface area (Å²) in [6.07, 6.45) is 38.2. The topological polar surface area (TPSA) is 117 Å². The number of nitrogens with two attached hydrogens (primary N) is 1. The van der Waals surface area contributed by atoms with Gasteiger partial charge in [-0.2, -0.15) is 0 Å². The summed E-state index contributed by atoms with van der Waals surface area (Å²) in [5.74, 6) is -0.354. The van der Waals surface area contributed by atoms with Crippen molar-refractivity contribution in [2.75, 3.05) is 33.0 Å². The fraction of sp³-hybridized carbons (Fsp3) is 0.694. The summed E-state index contributed by atoms with van der Waals surface area (Å²) in [4.78, 5) is 22.2. The molecule has 0 aliphatic rings. The minimum atomic E-state index is -4.28. The van der Waals surface area contributed by atoms with Gasteiger partial charge in [0.1, 0.15) is 6.10 Å². The second-order valence-corrected chi connectivity index (χ2v) is 12.5. The van der Waals surface area contributed by atoms with E-state index in [9.17, 15) is 14.3 Å². The summed E-state index contributed by atoms with van der Waals surface area (Å²) in [5.41, 5.74) is 5.33. The van der Waals surface area contributed by atoms with Crippen LogP contribution in [-0.4, -0.2) is 49.9 Å². The van der Waals surface area contributed by atoms with Crippen LogP contribution in [0.15, 0.2) is 60.8 Å². The number of hydrogen-bond donors (Lipinski definition) is 2. The molecule has 0 aromatic rings. The molecule has 3 N–H and O–H groups in total. The quantitative estimate of drug-likeness (QED) is 0.0319. The van der Waals surface area contributed by atoms with Crippen LogP contribution in [0.3, 0.4) is 0 Å². The zero-order chi connectivity index (χ0) is 33.1. The molecule has 0 saturated carbocycles. The van der Waals surface area contributed by atoms with Crippen LogP contribution in [0.25, 0.3) is 0 Å². The van der Waals surface area contributed by atoms with Crippen molar-refractivity contribution < 1.29 is 32.8 Å². The van der Waals surface area contributed by atoms with Crippen LogP contribution in [0, 0.1) is 0 Å². The van der Waals surface area contributed by atoms with Crippen LogP contribution in [-0.2, 0) is 27.9 Å². The zero-order valence-electron chi connectivity index (χ0n) is 28.3. The number of unbranched alkanes of at least 4 members (excludes halogenated alkanes) is 9. The van der Waals surface area contributed by atoms with E-state index in [2.05, 4.69) is 74.6 Å². The van der Waals surface area contributed by atoms with Gasteiger partial charge in [0.05, 0.1) is 19.8 Å². The standard InChI is InChI=1S/C36H64NO7P/c1-3-5-7-9-11-13-14-15-16-17-18-19-20-21-22-24-26-28-31-41-33-35(34-43-45(39,40)42-32-30-37)44-36(38)29-27-25-23-12-10-8-6-4-2/h5,7,11,13,15-16,18-19,21-22,35H,3-4,6,8-10,12,14,17,20,23-34,37H2,1-2H3,(H,39,40)/b7-5-,13-11-,16-15-,19-18-,22-21-. The number of phosphoric acid groups is 1. The number of hydrogen-bond acceptors (Lipinski definition) is 7. The lowest BCUT2D eigenvalue weighted by Gasteiger charge is -2.20. The molecule has 45 heavy (non-hydrogen) atoms. The minimum absolute atomic E-state index is 0.0850. The maximum atomic E-state index is 12.4. The fourth-order valence-corrected chi connectivity index (χ4v) is 4.96. The van der Waals surface area contributed by atoms with Crippen molar-refractivity contribution in [3.05, 3.63) is 60.8 Å². The summed E-state index contributed by atoms with van der Waals surface area (Å²) in [6.45, 7) is 4.63. The van der Waals surface area contributed by atoms with Gasteiger partial charge in [0.25, 0.3) is 0 Å². The Morgan fingerprint density at radius 1 is 0.689 bits per heavy atom. The maximum absolute atomic E-state index is 12.4. The zero-order valence-corrected chi connectivity index (χ0v) is 29.2. The van der Waals surface area contributed by atoms with Gasteiger partial charge in [-0.05, 0) is 57.8 Å². The molecular formula is C36H64NO7P. The van der Waals surface area contributed by atoms with Gasteiger partial charge in [-0.3, -0.25) is 13.8 Å².